The molecule has 1 amide bonds. The number of nitrogens with one attached hydrogen (secondary N) is 1. The Balaban J connectivity index is 1.83. The van der Waals surface area contributed by atoms with Gasteiger partial charge in [-0.25, -0.2) is 4.79 Å². The number of ether oxygens (including phenoxy) is 1. The van der Waals surface area contributed by atoms with Crippen LogP contribution in [0.15, 0.2) is 45.5 Å². The summed E-state index contributed by atoms with van der Waals surface area (Å²) >= 11 is 3.15. The molecule has 0 saturated carbocycles. The van der Waals surface area contributed by atoms with Gasteiger partial charge < -0.3 is 14.5 Å². The summed E-state index contributed by atoms with van der Waals surface area (Å²) in [5.41, 5.74) is 1.52. The summed E-state index contributed by atoms with van der Waals surface area (Å²) in [4.78, 5) is 23.0. The molecule has 1 N–H and O–H groups in total. The van der Waals surface area contributed by atoms with E-state index in [1.807, 2.05) is 12.1 Å². The van der Waals surface area contributed by atoms with E-state index in [2.05, 4.69) is 26.0 Å². The van der Waals surface area contributed by atoms with E-state index in [1.54, 1.807) is 24.3 Å². The van der Waals surface area contributed by atoms with Gasteiger partial charge in [0, 0.05) is 6.54 Å². The van der Waals surface area contributed by atoms with E-state index < -0.39 is 0 Å². The largest absolute Gasteiger partial charge is 0.465 e. The van der Waals surface area contributed by atoms with Crippen molar-refractivity contribution in [2.45, 2.75) is 6.42 Å². The second-order valence-electron chi connectivity index (χ2n) is 4.30. The molecular formula is C15H14BrNO4. The quantitative estimate of drug-likeness (QED) is 0.841. The molecule has 0 spiro atoms. The SMILES string of the molecule is COC(=O)c1ccc(CCNC(=O)c2ccc(Br)o2)cc1. The smallest absolute Gasteiger partial charge is 0.337 e. The van der Waals surface area contributed by atoms with Crippen LogP contribution in [-0.4, -0.2) is 25.5 Å². The monoisotopic (exact) mass is 351 g/mol. The van der Waals surface area contributed by atoms with Gasteiger partial charge in [-0.1, -0.05) is 12.1 Å². The van der Waals surface area contributed by atoms with Crippen LogP contribution in [0.4, 0.5) is 0 Å². The van der Waals surface area contributed by atoms with Crippen molar-refractivity contribution in [3.05, 3.63) is 58.0 Å². The molecular weight excluding hydrogens is 338 g/mol. The molecule has 0 saturated heterocycles. The Morgan fingerprint density at radius 2 is 1.90 bits per heavy atom. The maximum Gasteiger partial charge on any atom is 0.337 e. The number of amides is 1. The first kappa shape index (κ1) is 15.3. The highest BCUT2D eigenvalue weighted by atomic mass is 79.9. The van der Waals surface area contributed by atoms with Gasteiger partial charge in [0.25, 0.3) is 5.91 Å². The Bertz CT molecular complexity index is 633. The minimum atomic E-state index is -0.363. The van der Waals surface area contributed by atoms with Gasteiger partial charge in [0.15, 0.2) is 10.4 Å². The first-order valence-electron chi connectivity index (χ1n) is 6.31. The molecule has 1 aromatic heterocycles. The number of hydrogen-bond acceptors (Lipinski definition) is 4. The van der Waals surface area contributed by atoms with Crippen molar-refractivity contribution in [3.8, 4) is 0 Å². The highest BCUT2D eigenvalue weighted by Gasteiger charge is 2.09. The highest BCUT2D eigenvalue weighted by molar-refractivity contribution is 9.10. The zero-order valence-corrected chi connectivity index (χ0v) is 13.0. The lowest BCUT2D eigenvalue weighted by atomic mass is 10.1. The summed E-state index contributed by atoms with van der Waals surface area (Å²) in [6.07, 6.45) is 0.662. The van der Waals surface area contributed by atoms with Gasteiger partial charge in [-0.05, 0) is 52.2 Å². The molecule has 0 atom stereocenters. The summed E-state index contributed by atoms with van der Waals surface area (Å²) < 4.78 is 10.3. The number of furan rings is 1. The molecule has 6 heteroatoms. The van der Waals surface area contributed by atoms with Gasteiger partial charge in [0.2, 0.25) is 0 Å². The minimum Gasteiger partial charge on any atom is -0.465 e. The fourth-order valence-corrected chi connectivity index (χ4v) is 2.08. The van der Waals surface area contributed by atoms with Crippen LogP contribution in [0.1, 0.15) is 26.5 Å². The average Bonchev–Trinajstić information content (AvgIpc) is 2.94. The Hall–Kier alpha value is -2.08. The van der Waals surface area contributed by atoms with Crippen LogP contribution in [0.25, 0.3) is 0 Å². The number of halogens is 1. The van der Waals surface area contributed by atoms with E-state index in [9.17, 15) is 9.59 Å². The summed E-state index contributed by atoms with van der Waals surface area (Å²) in [5.74, 6) is -0.354. The third kappa shape index (κ3) is 4.19. The standard InChI is InChI=1S/C15H14BrNO4/c1-20-15(19)11-4-2-10(3-5-11)8-9-17-14(18)12-6-7-13(16)21-12/h2-7H,8-9H2,1H3,(H,17,18). The number of methoxy groups -OCH3 is 1. The fraction of sp³-hybridized carbons (Fsp3) is 0.200. The predicted molar refractivity (Wildman–Crippen MR) is 80.2 cm³/mol. The molecule has 2 rings (SSSR count). The van der Waals surface area contributed by atoms with Crippen LogP contribution in [0, 0.1) is 0 Å². The van der Waals surface area contributed by atoms with Crippen molar-refractivity contribution in [1.82, 2.24) is 5.32 Å². The molecule has 1 aromatic carbocycles. The molecule has 2 aromatic rings. The summed E-state index contributed by atoms with van der Waals surface area (Å²) in [6.45, 7) is 0.481. The zero-order valence-electron chi connectivity index (χ0n) is 11.4. The molecule has 0 bridgehead atoms. The van der Waals surface area contributed by atoms with E-state index >= 15 is 0 Å². The number of benzene rings is 1. The normalized spacial score (nSPS) is 10.2. The number of hydrogen-bond donors (Lipinski definition) is 1. The summed E-state index contributed by atoms with van der Waals surface area (Å²) in [6, 6.07) is 10.3. The molecule has 21 heavy (non-hydrogen) atoms. The summed E-state index contributed by atoms with van der Waals surface area (Å²) in [5, 5.41) is 2.76. The van der Waals surface area contributed by atoms with Crippen LogP contribution >= 0.6 is 15.9 Å². The van der Waals surface area contributed by atoms with Gasteiger partial charge >= 0.3 is 5.97 Å². The Morgan fingerprint density at radius 1 is 1.19 bits per heavy atom. The van der Waals surface area contributed by atoms with Crippen molar-refractivity contribution in [2.24, 2.45) is 0 Å². The molecule has 0 aliphatic rings. The lowest BCUT2D eigenvalue weighted by molar-refractivity contribution is 0.0600. The van der Waals surface area contributed by atoms with Gasteiger partial charge in [0.05, 0.1) is 12.7 Å². The second kappa shape index (κ2) is 7.08. The van der Waals surface area contributed by atoms with Crippen molar-refractivity contribution in [3.63, 3.8) is 0 Å². The van der Waals surface area contributed by atoms with E-state index in [4.69, 9.17) is 4.42 Å². The fourth-order valence-electron chi connectivity index (χ4n) is 1.77. The molecule has 0 radical (unpaired) electrons. The van der Waals surface area contributed by atoms with Crippen LogP contribution in [0.5, 0.6) is 0 Å². The first-order chi connectivity index (χ1) is 10.1. The van der Waals surface area contributed by atoms with E-state index in [1.165, 1.54) is 7.11 Å². The number of rotatable bonds is 5. The van der Waals surface area contributed by atoms with Crippen LogP contribution in [-0.2, 0) is 11.2 Å². The van der Waals surface area contributed by atoms with E-state index in [0.717, 1.165) is 5.56 Å². The molecule has 0 aliphatic carbocycles. The van der Waals surface area contributed by atoms with Gasteiger partial charge in [-0.3, -0.25) is 4.79 Å². The van der Waals surface area contributed by atoms with Crippen molar-refractivity contribution in [1.29, 1.82) is 0 Å². The topological polar surface area (TPSA) is 68.5 Å². The molecule has 5 nitrogen and oxygen atoms in total. The molecule has 0 unspecified atom stereocenters. The lowest BCUT2D eigenvalue weighted by Crippen LogP contribution is -2.25. The summed E-state index contributed by atoms with van der Waals surface area (Å²) in [7, 11) is 1.35. The number of esters is 1. The molecule has 0 aliphatic heterocycles. The average molecular weight is 352 g/mol. The van der Waals surface area contributed by atoms with Crippen molar-refractivity contribution >= 4 is 27.8 Å². The maximum absolute atomic E-state index is 11.7. The van der Waals surface area contributed by atoms with Gasteiger partial charge in [0.1, 0.15) is 0 Å². The Labute approximate surface area is 130 Å². The third-order valence-electron chi connectivity index (χ3n) is 2.87. The third-order valence-corrected chi connectivity index (χ3v) is 3.30. The lowest BCUT2D eigenvalue weighted by Gasteiger charge is -2.04. The number of carbonyl (C=O) groups is 2. The van der Waals surface area contributed by atoms with Crippen molar-refractivity contribution in [2.75, 3.05) is 13.7 Å². The van der Waals surface area contributed by atoms with Crippen LogP contribution in [0.3, 0.4) is 0 Å². The zero-order chi connectivity index (χ0) is 15.2. The number of carbonyl (C=O) groups excluding carboxylic acids is 2. The Kier molecular flexibility index (Phi) is 5.16. The van der Waals surface area contributed by atoms with Crippen molar-refractivity contribution < 1.29 is 18.7 Å². The van der Waals surface area contributed by atoms with E-state index in [0.29, 0.717) is 23.2 Å². The van der Waals surface area contributed by atoms with Crippen LogP contribution < -0.4 is 5.32 Å². The van der Waals surface area contributed by atoms with Crippen LogP contribution in [0.2, 0.25) is 0 Å². The van der Waals surface area contributed by atoms with E-state index in [-0.39, 0.29) is 17.6 Å². The molecule has 110 valence electrons. The minimum absolute atomic E-state index is 0.258. The highest BCUT2D eigenvalue weighted by Crippen LogP contribution is 2.13. The van der Waals surface area contributed by atoms with Gasteiger partial charge in [-0.15, -0.1) is 0 Å². The second-order valence-corrected chi connectivity index (χ2v) is 5.08. The molecule has 1 heterocycles. The Morgan fingerprint density at radius 3 is 2.48 bits per heavy atom. The predicted octanol–water partition coefficient (Wildman–Crippen LogP) is 2.80. The molecule has 0 fully saturated rings. The van der Waals surface area contributed by atoms with Gasteiger partial charge in [-0.2, -0.15) is 0 Å². The first-order valence-corrected chi connectivity index (χ1v) is 7.10. The maximum atomic E-state index is 11.7.